The third-order valence-corrected chi connectivity index (χ3v) is 1.61. The lowest BCUT2D eigenvalue weighted by Crippen LogP contribution is -2.43. The number of phenols is 1. The van der Waals surface area contributed by atoms with Gasteiger partial charge < -0.3 is 15.7 Å². The van der Waals surface area contributed by atoms with Gasteiger partial charge in [0.2, 0.25) is 0 Å². The highest BCUT2D eigenvalue weighted by Gasteiger charge is 2.13. The first kappa shape index (κ1) is 11.4. The van der Waals surface area contributed by atoms with E-state index in [-0.39, 0.29) is 17.3 Å². The highest BCUT2D eigenvalue weighted by atomic mass is 16.3. The van der Waals surface area contributed by atoms with Crippen molar-refractivity contribution in [2.24, 2.45) is 0 Å². The molecular formula is C11H16N2O2. The van der Waals surface area contributed by atoms with Gasteiger partial charge in [0.1, 0.15) is 5.75 Å². The molecule has 0 aromatic heterocycles. The van der Waals surface area contributed by atoms with Gasteiger partial charge in [0, 0.05) is 11.2 Å². The standard InChI is InChI=1S/C11H16N2O2/c1-11(2,3)13-10(15)12-8-4-6-9(14)7-5-8/h4-7,14H,1-3H3,(H2,12,13,15). The molecule has 3 N–H and O–H groups in total. The van der Waals surface area contributed by atoms with Gasteiger partial charge in [-0.05, 0) is 45.0 Å². The van der Waals surface area contributed by atoms with Crippen molar-refractivity contribution < 1.29 is 9.90 Å². The molecule has 0 spiro atoms. The topological polar surface area (TPSA) is 61.4 Å². The summed E-state index contributed by atoms with van der Waals surface area (Å²) in [4.78, 5) is 11.4. The maximum atomic E-state index is 11.4. The van der Waals surface area contributed by atoms with Crippen molar-refractivity contribution in [2.45, 2.75) is 26.3 Å². The minimum Gasteiger partial charge on any atom is -0.508 e. The normalized spacial score (nSPS) is 10.9. The van der Waals surface area contributed by atoms with E-state index >= 15 is 0 Å². The molecule has 0 aliphatic heterocycles. The highest BCUT2D eigenvalue weighted by molar-refractivity contribution is 5.89. The molecule has 1 rings (SSSR count). The van der Waals surface area contributed by atoms with Crippen LogP contribution in [0.25, 0.3) is 0 Å². The number of anilines is 1. The van der Waals surface area contributed by atoms with Crippen LogP contribution in [0.15, 0.2) is 24.3 Å². The number of benzene rings is 1. The van der Waals surface area contributed by atoms with E-state index in [4.69, 9.17) is 5.11 Å². The molecule has 0 saturated carbocycles. The van der Waals surface area contributed by atoms with Crippen LogP contribution in [0.4, 0.5) is 10.5 Å². The average Bonchev–Trinajstić information content (AvgIpc) is 2.05. The second-order valence-corrected chi connectivity index (χ2v) is 4.38. The Labute approximate surface area is 89.3 Å². The molecule has 0 aliphatic carbocycles. The van der Waals surface area contributed by atoms with E-state index in [0.29, 0.717) is 5.69 Å². The Morgan fingerprint density at radius 1 is 1.20 bits per heavy atom. The number of carbonyl (C=O) groups is 1. The molecule has 0 fully saturated rings. The fourth-order valence-corrected chi connectivity index (χ4v) is 1.05. The second kappa shape index (κ2) is 4.21. The molecule has 0 heterocycles. The number of hydrogen-bond donors (Lipinski definition) is 3. The zero-order valence-electron chi connectivity index (χ0n) is 9.16. The van der Waals surface area contributed by atoms with E-state index in [9.17, 15) is 4.79 Å². The van der Waals surface area contributed by atoms with Crippen LogP contribution in [0.5, 0.6) is 5.75 Å². The molecule has 15 heavy (non-hydrogen) atoms. The van der Waals surface area contributed by atoms with Gasteiger partial charge in [-0.15, -0.1) is 0 Å². The number of hydrogen-bond acceptors (Lipinski definition) is 2. The summed E-state index contributed by atoms with van der Waals surface area (Å²) >= 11 is 0. The third kappa shape index (κ3) is 4.35. The molecule has 0 radical (unpaired) electrons. The van der Waals surface area contributed by atoms with Crippen molar-refractivity contribution in [3.8, 4) is 5.75 Å². The van der Waals surface area contributed by atoms with Crippen molar-refractivity contribution in [3.63, 3.8) is 0 Å². The zero-order chi connectivity index (χ0) is 11.5. The van der Waals surface area contributed by atoms with Crippen LogP contribution >= 0.6 is 0 Å². The van der Waals surface area contributed by atoms with Crippen molar-refractivity contribution in [2.75, 3.05) is 5.32 Å². The predicted molar refractivity (Wildman–Crippen MR) is 60.0 cm³/mol. The summed E-state index contributed by atoms with van der Waals surface area (Å²) in [7, 11) is 0. The SMILES string of the molecule is CC(C)(C)NC(=O)Nc1ccc(O)cc1. The molecule has 4 nitrogen and oxygen atoms in total. The summed E-state index contributed by atoms with van der Waals surface area (Å²) in [6.07, 6.45) is 0. The molecule has 0 bridgehead atoms. The van der Waals surface area contributed by atoms with Crippen molar-refractivity contribution in [3.05, 3.63) is 24.3 Å². The van der Waals surface area contributed by atoms with Gasteiger partial charge in [-0.2, -0.15) is 0 Å². The number of phenolic OH excluding ortho intramolecular Hbond substituents is 1. The van der Waals surface area contributed by atoms with Crippen LogP contribution in [0.1, 0.15) is 20.8 Å². The molecule has 0 saturated heterocycles. The van der Waals surface area contributed by atoms with E-state index < -0.39 is 0 Å². The molecule has 4 heteroatoms. The molecule has 0 aliphatic rings. The molecule has 1 aromatic rings. The van der Waals surface area contributed by atoms with Gasteiger partial charge in [0.15, 0.2) is 0 Å². The molecule has 0 atom stereocenters. The molecular weight excluding hydrogens is 192 g/mol. The average molecular weight is 208 g/mol. The number of nitrogens with one attached hydrogen (secondary N) is 2. The van der Waals surface area contributed by atoms with Gasteiger partial charge >= 0.3 is 6.03 Å². The van der Waals surface area contributed by atoms with Crippen molar-refractivity contribution in [1.29, 1.82) is 0 Å². The van der Waals surface area contributed by atoms with Gasteiger partial charge in [-0.3, -0.25) is 0 Å². The lowest BCUT2D eigenvalue weighted by molar-refractivity contribution is 0.244. The molecule has 0 unspecified atom stereocenters. The predicted octanol–water partition coefficient (Wildman–Crippen LogP) is 2.31. The van der Waals surface area contributed by atoms with Crippen LogP contribution < -0.4 is 10.6 Å². The summed E-state index contributed by atoms with van der Waals surface area (Å²) in [5.74, 6) is 0.178. The number of amides is 2. The van der Waals surface area contributed by atoms with E-state index in [2.05, 4.69) is 10.6 Å². The maximum Gasteiger partial charge on any atom is 0.319 e. The summed E-state index contributed by atoms with van der Waals surface area (Å²) in [6, 6.07) is 6.06. The molecule has 82 valence electrons. The van der Waals surface area contributed by atoms with Crippen molar-refractivity contribution in [1.82, 2.24) is 5.32 Å². The fraction of sp³-hybridized carbons (Fsp3) is 0.364. The van der Waals surface area contributed by atoms with Crippen LogP contribution in [0, 0.1) is 0 Å². The van der Waals surface area contributed by atoms with E-state index in [1.54, 1.807) is 12.1 Å². The quantitative estimate of drug-likeness (QED) is 0.620. The number of carbonyl (C=O) groups excluding carboxylic acids is 1. The van der Waals surface area contributed by atoms with Crippen molar-refractivity contribution >= 4 is 11.7 Å². The number of aromatic hydroxyl groups is 1. The third-order valence-electron chi connectivity index (χ3n) is 1.61. The van der Waals surface area contributed by atoms with Gasteiger partial charge in [0.25, 0.3) is 0 Å². The maximum absolute atomic E-state index is 11.4. The van der Waals surface area contributed by atoms with E-state index in [0.717, 1.165) is 0 Å². The van der Waals surface area contributed by atoms with Gasteiger partial charge in [-0.25, -0.2) is 4.79 Å². The first-order valence-corrected chi connectivity index (χ1v) is 4.75. The first-order chi connectivity index (χ1) is 6.87. The minimum atomic E-state index is -0.263. The summed E-state index contributed by atoms with van der Waals surface area (Å²) in [6.45, 7) is 5.72. The van der Waals surface area contributed by atoms with Gasteiger partial charge in [0.05, 0.1) is 0 Å². The zero-order valence-corrected chi connectivity index (χ0v) is 9.16. The lowest BCUT2D eigenvalue weighted by atomic mass is 10.1. The Balaban J connectivity index is 2.55. The second-order valence-electron chi connectivity index (χ2n) is 4.38. The first-order valence-electron chi connectivity index (χ1n) is 4.75. The Morgan fingerprint density at radius 3 is 2.20 bits per heavy atom. The van der Waals surface area contributed by atoms with Crippen LogP contribution in [0.3, 0.4) is 0 Å². The number of urea groups is 1. The summed E-state index contributed by atoms with van der Waals surface area (Å²) in [5.41, 5.74) is 0.385. The Kier molecular flexibility index (Phi) is 3.19. The van der Waals surface area contributed by atoms with Gasteiger partial charge in [-0.1, -0.05) is 0 Å². The monoisotopic (exact) mass is 208 g/mol. The van der Waals surface area contributed by atoms with Crippen LogP contribution in [0.2, 0.25) is 0 Å². The highest BCUT2D eigenvalue weighted by Crippen LogP contribution is 2.13. The molecule has 1 aromatic carbocycles. The Hall–Kier alpha value is -1.71. The number of rotatable bonds is 1. The lowest BCUT2D eigenvalue weighted by Gasteiger charge is -2.20. The van der Waals surface area contributed by atoms with E-state index in [1.807, 2.05) is 20.8 Å². The minimum absolute atomic E-state index is 0.178. The largest absolute Gasteiger partial charge is 0.508 e. The van der Waals surface area contributed by atoms with Crippen LogP contribution in [-0.2, 0) is 0 Å². The fourth-order valence-electron chi connectivity index (χ4n) is 1.05. The summed E-state index contributed by atoms with van der Waals surface area (Å²) in [5, 5.41) is 14.5. The van der Waals surface area contributed by atoms with E-state index in [1.165, 1.54) is 12.1 Å². The Morgan fingerprint density at radius 2 is 1.73 bits per heavy atom. The van der Waals surface area contributed by atoms with Crippen LogP contribution in [-0.4, -0.2) is 16.7 Å². The molecule has 2 amide bonds. The Bertz CT molecular complexity index is 339. The summed E-state index contributed by atoms with van der Waals surface area (Å²) < 4.78 is 0. The smallest absolute Gasteiger partial charge is 0.319 e.